The standard InChI is InChI=1S/C15H19NO2/c1-10(17)12(9-16)11-6-7-14(18-5)13(8-11)15(2,3)4/h6-8,12H,1-5H3/t12-/m0/s1. The Morgan fingerprint density at radius 2 is 2.00 bits per heavy atom. The molecular weight excluding hydrogens is 226 g/mol. The van der Waals surface area contributed by atoms with Gasteiger partial charge in [0.25, 0.3) is 0 Å². The van der Waals surface area contributed by atoms with Gasteiger partial charge < -0.3 is 4.74 Å². The number of nitriles is 1. The predicted octanol–water partition coefficient (Wildman–Crippen LogP) is 3.19. The molecule has 0 aliphatic carbocycles. The highest BCUT2D eigenvalue weighted by atomic mass is 16.5. The maximum Gasteiger partial charge on any atom is 0.151 e. The summed E-state index contributed by atoms with van der Waals surface area (Å²) in [4.78, 5) is 11.4. The molecule has 3 heteroatoms. The molecule has 0 heterocycles. The van der Waals surface area contributed by atoms with E-state index in [4.69, 9.17) is 10.00 Å². The molecule has 0 N–H and O–H groups in total. The highest BCUT2D eigenvalue weighted by Crippen LogP contribution is 2.33. The Bertz CT molecular complexity index is 492. The maximum atomic E-state index is 11.4. The quantitative estimate of drug-likeness (QED) is 0.821. The third-order valence-corrected chi connectivity index (χ3v) is 2.90. The molecule has 0 aromatic heterocycles. The number of carbonyl (C=O) groups excluding carboxylic acids is 1. The Balaban J connectivity index is 3.36. The smallest absolute Gasteiger partial charge is 0.151 e. The lowest BCUT2D eigenvalue weighted by atomic mass is 9.83. The molecule has 0 saturated heterocycles. The van der Waals surface area contributed by atoms with Crippen LogP contribution in [0.15, 0.2) is 18.2 Å². The van der Waals surface area contributed by atoms with Gasteiger partial charge in [-0.2, -0.15) is 5.26 Å². The summed E-state index contributed by atoms with van der Waals surface area (Å²) in [6.45, 7) is 7.66. The van der Waals surface area contributed by atoms with E-state index in [1.165, 1.54) is 6.92 Å². The van der Waals surface area contributed by atoms with Gasteiger partial charge >= 0.3 is 0 Å². The Kier molecular flexibility index (Phi) is 4.13. The monoisotopic (exact) mass is 245 g/mol. The molecule has 96 valence electrons. The summed E-state index contributed by atoms with van der Waals surface area (Å²) in [7, 11) is 1.62. The summed E-state index contributed by atoms with van der Waals surface area (Å²) < 4.78 is 5.33. The first-order valence-corrected chi connectivity index (χ1v) is 5.89. The number of hydrogen-bond acceptors (Lipinski definition) is 3. The number of benzene rings is 1. The van der Waals surface area contributed by atoms with Crippen LogP contribution in [0.5, 0.6) is 5.75 Å². The van der Waals surface area contributed by atoms with E-state index in [9.17, 15) is 4.79 Å². The molecule has 0 spiro atoms. The first kappa shape index (κ1) is 14.2. The molecular formula is C15H19NO2. The van der Waals surface area contributed by atoms with Crippen LogP contribution in [0.1, 0.15) is 44.7 Å². The molecule has 0 unspecified atom stereocenters. The minimum absolute atomic E-state index is 0.0991. The van der Waals surface area contributed by atoms with Crippen molar-refractivity contribution in [1.82, 2.24) is 0 Å². The zero-order valence-corrected chi connectivity index (χ0v) is 11.6. The fourth-order valence-electron chi connectivity index (χ4n) is 1.89. The minimum atomic E-state index is -0.697. The fraction of sp³-hybridized carbons (Fsp3) is 0.467. The van der Waals surface area contributed by atoms with Crippen molar-refractivity contribution < 1.29 is 9.53 Å². The van der Waals surface area contributed by atoms with Crippen LogP contribution in [-0.4, -0.2) is 12.9 Å². The third kappa shape index (κ3) is 2.89. The summed E-state index contributed by atoms with van der Waals surface area (Å²) in [5.74, 6) is -0.0500. The highest BCUT2D eigenvalue weighted by molar-refractivity contribution is 5.86. The average Bonchev–Trinajstić information content (AvgIpc) is 2.28. The van der Waals surface area contributed by atoms with Gasteiger partial charge in [0, 0.05) is 0 Å². The molecule has 0 amide bonds. The molecule has 0 radical (unpaired) electrons. The Morgan fingerprint density at radius 3 is 2.39 bits per heavy atom. The third-order valence-electron chi connectivity index (χ3n) is 2.90. The van der Waals surface area contributed by atoms with Gasteiger partial charge in [-0.05, 0) is 35.6 Å². The molecule has 3 nitrogen and oxygen atoms in total. The van der Waals surface area contributed by atoms with Crippen LogP contribution < -0.4 is 4.74 Å². The van der Waals surface area contributed by atoms with Gasteiger partial charge in [-0.15, -0.1) is 0 Å². The second-order valence-corrected chi connectivity index (χ2v) is 5.38. The van der Waals surface area contributed by atoms with Crippen molar-refractivity contribution in [3.63, 3.8) is 0 Å². The van der Waals surface area contributed by atoms with E-state index in [1.54, 1.807) is 13.2 Å². The van der Waals surface area contributed by atoms with E-state index in [0.29, 0.717) is 0 Å². The molecule has 0 aliphatic heterocycles. The molecule has 18 heavy (non-hydrogen) atoms. The SMILES string of the molecule is COc1ccc([C@@H](C#N)C(C)=O)cc1C(C)(C)C. The zero-order valence-electron chi connectivity index (χ0n) is 11.6. The topological polar surface area (TPSA) is 50.1 Å². The number of methoxy groups -OCH3 is 1. The molecule has 0 fully saturated rings. The van der Waals surface area contributed by atoms with Crippen molar-refractivity contribution in [3.05, 3.63) is 29.3 Å². The van der Waals surface area contributed by atoms with E-state index >= 15 is 0 Å². The van der Waals surface area contributed by atoms with Crippen LogP contribution >= 0.6 is 0 Å². The van der Waals surface area contributed by atoms with Crippen LogP contribution in [0.4, 0.5) is 0 Å². The van der Waals surface area contributed by atoms with E-state index in [2.05, 4.69) is 20.8 Å². The van der Waals surface area contributed by atoms with E-state index < -0.39 is 5.92 Å². The number of ether oxygens (including phenoxy) is 1. The molecule has 0 saturated carbocycles. The number of rotatable bonds is 3. The summed E-state index contributed by atoms with van der Waals surface area (Å²) in [6, 6.07) is 7.54. The Morgan fingerprint density at radius 1 is 1.39 bits per heavy atom. The number of nitrogens with zero attached hydrogens (tertiary/aromatic N) is 1. The molecule has 1 atom stereocenters. The number of carbonyl (C=O) groups is 1. The summed E-state index contributed by atoms with van der Waals surface area (Å²) in [6.07, 6.45) is 0. The second-order valence-electron chi connectivity index (χ2n) is 5.38. The van der Waals surface area contributed by atoms with Crippen LogP contribution in [-0.2, 0) is 10.2 Å². The molecule has 1 aromatic carbocycles. The van der Waals surface area contributed by atoms with Crippen molar-refractivity contribution in [2.45, 2.75) is 39.0 Å². The van der Waals surface area contributed by atoms with Gasteiger partial charge in [0.15, 0.2) is 5.78 Å². The van der Waals surface area contributed by atoms with E-state index in [-0.39, 0.29) is 11.2 Å². The van der Waals surface area contributed by atoms with Gasteiger partial charge in [-0.1, -0.05) is 26.8 Å². The van der Waals surface area contributed by atoms with Crippen LogP contribution in [0.25, 0.3) is 0 Å². The lowest BCUT2D eigenvalue weighted by Crippen LogP contribution is -2.15. The van der Waals surface area contributed by atoms with E-state index in [1.807, 2.05) is 18.2 Å². The van der Waals surface area contributed by atoms with Crippen LogP contribution in [0, 0.1) is 11.3 Å². The first-order chi connectivity index (χ1) is 8.31. The first-order valence-electron chi connectivity index (χ1n) is 5.89. The largest absolute Gasteiger partial charge is 0.496 e. The maximum absolute atomic E-state index is 11.4. The van der Waals surface area contributed by atoms with Crippen molar-refractivity contribution in [1.29, 1.82) is 5.26 Å². The second kappa shape index (κ2) is 5.22. The van der Waals surface area contributed by atoms with E-state index in [0.717, 1.165) is 16.9 Å². The minimum Gasteiger partial charge on any atom is -0.496 e. The normalized spacial score (nSPS) is 12.7. The van der Waals surface area contributed by atoms with Gasteiger partial charge in [0.1, 0.15) is 11.7 Å². The average molecular weight is 245 g/mol. The van der Waals surface area contributed by atoms with Gasteiger partial charge in [0.2, 0.25) is 0 Å². The molecule has 1 rings (SSSR count). The summed E-state index contributed by atoms with van der Waals surface area (Å²) >= 11 is 0. The lowest BCUT2D eigenvalue weighted by Gasteiger charge is -2.23. The lowest BCUT2D eigenvalue weighted by molar-refractivity contribution is -0.117. The number of Topliss-reactive ketones (excluding diaryl/α,β-unsaturated/α-hetero) is 1. The van der Waals surface area contributed by atoms with Gasteiger partial charge in [-0.3, -0.25) is 4.79 Å². The number of hydrogen-bond donors (Lipinski definition) is 0. The summed E-state index contributed by atoms with van der Waals surface area (Å²) in [5.41, 5.74) is 1.64. The highest BCUT2D eigenvalue weighted by Gasteiger charge is 2.23. The molecule has 1 aromatic rings. The predicted molar refractivity (Wildman–Crippen MR) is 70.7 cm³/mol. The van der Waals surface area contributed by atoms with Crippen molar-refractivity contribution >= 4 is 5.78 Å². The van der Waals surface area contributed by atoms with Gasteiger partial charge in [-0.25, -0.2) is 0 Å². The molecule has 0 bridgehead atoms. The summed E-state index contributed by atoms with van der Waals surface area (Å²) in [5, 5.41) is 9.07. The van der Waals surface area contributed by atoms with Crippen LogP contribution in [0.3, 0.4) is 0 Å². The zero-order chi connectivity index (χ0) is 13.9. The van der Waals surface area contributed by atoms with Crippen molar-refractivity contribution in [3.8, 4) is 11.8 Å². The van der Waals surface area contributed by atoms with Crippen molar-refractivity contribution in [2.24, 2.45) is 0 Å². The fourth-order valence-corrected chi connectivity index (χ4v) is 1.89. The number of ketones is 1. The molecule has 0 aliphatic rings. The Hall–Kier alpha value is -1.82. The Labute approximate surface area is 108 Å². The van der Waals surface area contributed by atoms with Crippen LogP contribution in [0.2, 0.25) is 0 Å². The van der Waals surface area contributed by atoms with Gasteiger partial charge in [0.05, 0.1) is 13.2 Å². The van der Waals surface area contributed by atoms with Crippen molar-refractivity contribution in [2.75, 3.05) is 7.11 Å².